The molecule has 8 nitrogen and oxygen atoms in total. The molecule has 0 radical (unpaired) electrons. The molecule has 9 aromatic carbocycles. The van der Waals surface area contributed by atoms with Gasteiger partial charge in [0.2, 0.25) is 11.9 Å². The van der Waals surface area contributed by atoms with Gasteiger partial charge in [0.25, 0.3) is 0 Å². The van der Waals surface area contributed by atoms with Gasteiger partial charge in [-0.2, -0.15) is 20.2 Å². The van der Waals surface area contributed by atoms with Gasteiger partial charge in [-0.3, -0.25) is 9.13 Å². The van der Waals surface area contributed by atoms with E-state index in [1.54, 1.807) is 0 Å². The number of rotatable bonds is 5. The molecule has 0 aliphatic carbocycles. The molecule has 14 rings (SSSR count). The van der Waals surface area contributed by atoms with Crippen molar-refractivity contribution in [1.82, 2.24) is 33.2 Å². The van der Waals surface area contributed by atoms with Gasteiger partial charge in [0.1, 0.15) is 0 Å². The fraction of sp³-hybridized carbons (Fsp3) is 0. The van der Waals surface area contributed by atoms with Crippen LogP contribution in [0, 0.1) is 11.3 Å². The lowest BCUT2D eigenvalue weighted by Gasteiger charge is -2.15. The Morgan fingerprint density at radius 3 is 1.02 bits per heavy atom. The molecule has 306 valence electrons. The Labute approximate surface area is 376 Å². The van der Waals surface area contributed by atoms with Crippen molar-refractivity contribution in [1.29, 1.82) is 5.26 Å². The zero-order valence-corrected chi connectivity index (χ0v) is 35.2. The Balaban J connectivity index is 1.17. The van der Waals surface area contributed by atoms with Gasteiger partial charge >= 0.3 is 0 Å². The molecular formula is C58H34N8. The van der Waals surface area contributed by atoms with E-state index in [2.05, 4.69) is 206 Å². The van der Waals surface area contributed by atoms with Crippen LogP contribution in [0.2, 0.25) is 0 Å². The van der Waals surface area contributed by atoms with E-state index in [4.69, 9.17) is 15.0 Å². The predicted octanol–water partition coefficient (Wildman–Crippen LogP) is 13.8. The monoisotopic (exact) mass is 842 g/mol. The molecule has 5 heterocycles. The first kappa shape index (κ1) is 36.2. The normalized spacial score (nSPS) is 11.9. The molecule has 0 aliphatic heterocycles. The number of benzene rings is 9. The number of para-hydroxylation sites is 6. The zero-order valence-electron chi connectivity index (χ0n) is 35.2. The highest BCUT2D eigenvalue weighted by molar-refractivity contribution is 6.25. The van der Waals surface area contributed by atoms with Crippen molar-refractivity contribution in [2.45, 2.75) is 0 Å². The maximum atomic E-state index is 9.83. The van der Waals surface area contributed by atoms with Crippen molar-refractivity contribution in [3.8, 4) is 40.7 Å². The van der Waals surface area contributed by atoms with Crippen LogP contribution in [-0.2, 0) is 0 Å². The molecule has 0 spiro atoms. The van der Waals surface area contributed by atoms with Crippen LogP contribution in [0.15, 0.2) is 206 Å². The summed E-state index contributed by atoms with van der Waals surface area (Å²) in [5.74, 6) is 1.44. The maximum absolute atomic E-state index is 9.83. The SMILES string of the molecule is N#Cc1ccc(-c2nc(-n3c4ccccc4c4ccc5c6ccccc6n(-c6ccccc6)c5c43)nc(-n3c4ccccc4c4ccc5c6ccccc6n(-c6ccccc6)c5c43)n2)cc1. The molecule has 0 aliphatic rings. The quantitative estimate of drug-likeness (QED) is 0.173. The van der Waals surface area contributed by atoms with E-state index >= 15 is 0 Å². The van der Waals surface area contributed by atoms with Crippen molar-refractivity contribution in [3.05, 3.63) is 212 Å². The van der Waals surface area contributed by atoms with Gasteiger partial charge in [-0.15, -0.1) is 0 Å². The third-order valence-electron chi connectivity index (χ3n) is 13.3. The zero-order chi connectivity index (χ0) is 43.5. The fourth-order valence-corrected chi connectivity index (χ4v) is 10.5. The van der Waals surface area contributed by atoms with Crippen LogP contribution in [0.25, 0.3) is 122 Å². The van der Waals surface area contributed by atoms with Crippen LogP contribution in [-0.4, -0.2) is 33.2 Å². The average molecular weight is 843 g/mol. The summed E-state index contributed by atoms with van der Waals surface area (Å²) in [4.78, 5) is 16.5. The number of nitrogens with zero attached hydrogens (tertiary/aromatic N) is 8. The second kappa shape index (κ2) is 13.8. The summed E-state index contributed by atoms with van der Waals surface area (Å²) in [5, 5.41) is 18.8. The molecular weight excluding hydrogens is 809 g/mol. The highest BCUT2D eigenvalue weighted by Crippen LogP contribution is 2.44. The van der Waals surface area contributed by atoms with Crippen LogP contribution in [0.4, 0.5) is 0 Å². The van der Waals surface area contributed by atoms with Crippen LogP contribution in [0.1, 0.15) is 5.56 Å². The summed E-state index contributed by atoms with van der Waals surface area (Å²) in [6.07, 6.45) is 0. The summed E-state index contributed by atoms with van der Waals surface area (Å²) < 4.78 is 9.21. The van der Waals surface area contributed by atoms with E-state index in [9.17, 15) is 5.26 Å². The Bertz CT molecular complexity index is 4090. The summed E-state index contributed by atoms with van der Waals surface area (Å²) in [6, 6.07) is 74.2. The molecule has 14 aromatic rings. The molecule has 66 heavy (non-hydrogen) atoms. The van der Waals surface area contributed by atoms with Gasteiger partial charge in [0, 0.05) is 60.0 Å². The molecule has 0 atom stereocenters. The molecule has 0 unspecified atom stereocenters. The largest absolute Gasteiger partial charge is 0.307 e. The molecule has 8 heteroatoms. The minimum absolute atomic E-state index is 0.477. The standard InChI is InChI=1S/C58H34N8/c59-35-36-27-29-37(30-28-36)56-60-57(65-50-25-13-9-21-42(50)46-33-31-44-40-19-7-11-23-48(40)63(52(44)54(46)65)38-15-3-1-4-16-38)62-58(61-56)66-51-26-14-10-22-43(51)47-34-32-45-41-20-8-12-24-49(41)64(53(45)55(47)66)39-17-5-2-6-18-39/h1-34H. The summed E-state index contributed by atoms with van der Waals surface area (Å²) in [7, 11) is 0. The van der Waals surface area contributed by atoms with Crippen molar-refractivity contribution in [3.63, 3.8) is 0 Å². The Hall–Kier alpha value is -9.32. The van der Waals surface area contributed by atoms with Gasteiger partial charge < -0.3 is 9.13 Å². The lowest BCUT2D eigenvalue weighted by atomic mass is 10.1. The van der Waals surface area contributed by atoms with Crippen molar-refractivity contribution in [2.75, 3.05) is 0 Å². The van der Waals surface area contributed by atoms with Gasteiger partial charge in [-0.1, -0.05) is 133 Å². The summed E-state index contributed by atoms with van der Waals surface area (Å²) in [5.41, 5.74) is 11.7. The maximum Gasteiger partial charge on any atom is 0.240 e. The van der Waals surface area contributed by atoms with Gasteiger partial charge in [0.15, 0.2) is 5.82 Å². The molecule has 0 saturated carbocycles. The molecule has 5 aromatic heterocycles. The van der Waals surface area contributed by atoms with E-state index in [-0.39, 0.29) is 0 Å². The second-order valence-electron chi connectivity index (χ2n) is 16.7. The molecule has 0 N–H and O–H groups in total. The fourth-order valence-electron chi connectivity index (χ4n) is 10.5. The second-order valence-corrected chi connectivity index (χ2v) is 16.7. The van der Waals surface area contributed by atoms with E-state index in [1.807, 2.05) is 24.3 Å². The third-order valence-corrected chi connectivity index (χ3v) is 13.3. The predicted molar refractivity (Wildman–Crippen MR) is 267 cm³/mol. The number of aromatic nitrogens is 7. The Morgan fingerprint density at radius 2 is 0.636 bits per heavy atom. The summed E-state index contributed by atoms with van der Waals surface area (Å²) in [6.45, 7) is 0. The van der Waals surface area contributed by atoms with E-state index in [0.29, 0.717) is 23.3 Å². The lowest BCUT2D eigenvalue weighted by molar-refractivity contribution is 0.893. The van der Waals surface area contributed by atoms with Crippen LogP contribution < -0.4 is 0 Å². The molecule has 0 amide bonds. The van der Waals surface area contributed by atoms with Crippen LogP contribution >= 0.6 is 0 Å². The van der Waals surface area contributed by atoms with Gasteiger partial charge in [-0.25, -0.2) is 0 Å². The van der Waals surface area contributed by atoms with Crippen molar-refractivity contribution >= 4 is 87.2 Å². The minimum Gasteiger partial charge on any atom is -0.307 e. The third kappa shape index (κ3) is 5.05. The first-order valence-electron chi connectivity index (χ1n) is 22.0. The first-order valence-corrected chi connectivity index (χ1v) is 22.0. The minimum atomic E-state index is 0.477. The molecule has 0 fully saturated rings. The Morgan fingerprint density at radius 1 is 0.303 bits per heavy atom. The number of hydrogen-bond acceptors (Lipinski definition) is 4. The van der Waals surface area contributed by atoms with Gasteiger partial charge in [-0.05, 0) is 72.8 Å². The number of hydrogen-bond donors (Lipinski definition) is 0. The molecule has 0 bridgehead atoms. The van der Waals surface area contributed by atoms with E-state index < -0.39 is 0 Å². The topological polar surface area (TPSA) is 82.2 Å². The van der Waals surface area contributed by atoms with Crippen LogP contribution in [0.3, 0.4) is 0 Å². The van der Waals surface area contributed by atoms with Crippen LogP contribution in [0.5, 0.6) is 0 Å². The molecule has 0 saturated heterocycles. The first-order chi connectivity index (χ1) is 32.7. The van der Waals surface area contributed by atoms with E-state index in [0.717, 1.165) is 104 Å². The smallest absolute Gasteiger partial charge is 0.240 e. The summed E-state index contributed by atoms with van der Waals surface area (Å²) >= 11 is 0. The lowest BCUT2D eigenvalue weighted by Crippen LogP contribution is -2.11. The Kier molecular flexibility index (Phi) is 7.59. The van der Waals surface area contributed by atoms with Crippen molar-refractivity contribution in [2.24, 2.45) is 0 Å². The number of fused-ring (bicyclic) bond motifs is 14. The highest BCUT2D eigenvalue weighted by Gasteiger charge is 2.26. The number of nitriles is 1. The van der Waals surface area contributed by atoms with Crippen molar-refractivity contribution < 1.29 is 0 Å². The average Bonchev–Trinajstić information content (AvgIpc) is 4.12. The highest BCUT2D eigenvalue weighted by atomic mass is 15.3. The van der Waals surface area contributed by atoms with Gasteiger partial charge in [0.05, 0.1) is 55.8 Å². The van der Waals surface area contributed by atoms with E-state index in [1.165, 1.54) is 0 Å².